The van der Waals surface area contributed by atoms with Gasteiger partial charge in [-0.1, -0.05) is 41.7 Å². The Bertz CT molecular complexity index is 1640. The number of likely N-dealkylation sites (tertiary alicyclic amines) is 1. The number of hydrogen-bond donors (Lipinski definition) is 1. The van der Waals surface area contributed by atoms with E-state index in [1.807, 2.05) is 79.8 Å². The third-order valence-corrected chi connectivity index (χ3v) is 10.5. The molecule has 7 rings (SSSR count). The molecule has 4 aliphatic rings. The van der Waals surface area contributed by atoms with Gasteiger partial charge >= 0.3 is 0 Å². The van der Waals surface area contributed by atoms with Gasteiger partial charge in [-0.2, -0.15) is 0 Å². The number of ether oxygens (including phenoxy) is 1. The molecule has 1 N–H and O–H groups in total. The predicted octanol–water partition coefficient (Wildman–Crippen LogP) is 2.08. The lowest BCUT2D eigenvalue weighted by atomic mass is 9.78. The summed E-state index contributed by atoms with van der Waals surface area (Å²) in [5, 5.41) is 18.2. The number of benzene rings is 2. The van der Waals surface area contributed by atoms with E-state index in [-0.39, 0.29) is 42.8 Å². The number of rotatable bonds is 7. The molecule has 5 heterocycles. The van der Waals surface area contributed by atoms with Gasteiger partial charge in [0.15, 0.2) is 0 Å². The van der Waals surface area contributed by atoms with Gasteiger partial charge in [-0.25, -0.2) is 4.68 Å². The number of carbonyl (C=O) groups is 3. The van der Waals surface area contributed by atoms with E-state index in [0.29, 0.717) is 19.7 Å². The van der Waals surface area contributed by atoms with Crippen LogP contribution in [0.15, 0.2) is 72.8 Å². The van der Waals surface area contributed by atoms with Crippen LogP contribution in [-0.4, -0.2) is 96.5 Å². The van der Waals surface area contributed by atoms with E-state index in [4.69, 9.17) is 4.74 Å². The highest BCUT2D eigenvalue weighted by molar-refractivity contribution is 8.02. The van der Waals surface area contributed by atoms with Crippen molar-refractivity contribution in [2.24, 2.45) is 11.8 Å². The van der Waals surface area contributed by atoms with E-state index in [9.17, 15) is 19.5 Å². The number of fused-ring (bicyclic) bond motifs is 3. The first-order valence-corrected chi connectivity index (χ1v) is 15.4. The van der Waals surface area contributed by atoms with Crippen molar-refractivity contribution in [1.82, 2.24) is 24.8 Å². The second-order valence-electron chi connectivity index (χ2n) is 11.1. The van der Waals surface area contributed by atoms with Crippen molar-refractivity contribution in [3.05, 3.63) is 72.8 Å². The minimum absolute atomic E-state index is 0.00596. The average Bonchev–Trinajstić information content (AvgIpc) is 3.56. The largest absolute Gasteiger partial charge is 0.494 e. The molecule has 43 heavy (non-hydrogen) atoms. The van der Waals surface area contributed by atoms with Crippen molar-refractivity contribution in [1.29, 1.82) is 0 Å². The van der Waals surface area contributed by atoms with Crippen molar-refractivity contribution >= 4 is 46.2 Å². The first-order chi connectivity index (χ1) is 21.0. The number of hydrogen-bond acceptors (Lipinski definition) is 8. The molecule has 4 aliphatic heterocycles. The predicted molar refractivity (Wildman–Crippen MR) is 161 cm³/mol. The summed E-state index contributed by atoms with van der Waals surface area (Å²) in [7, 11) is 0. The van der Waals surface area contributed by atoms with Crippen LogP contribution in [0.5, 0.6) is 5.75 Å². The second kappa shape index (κ2) is 10.8. The molecule has 5 atom stereocenters. The summed E-state index contributed by atoms with van der Waals surface area (Å²) in [5.74, 6) is -1.37. The van der Waals surface area contributed by atoms with Crippen molar-refractivity contribution in [3.63, 3.8) is 0 Å². The van der Waals surface area contributed by atoms with Gasteiger partial charge in [-0.05, 0) is 43.3 Å². The molecule has 1 spiro atoms. The molecule has 0 saturated carbocycles. The maximum atomic E-state index is 14.4. The summed E-state index contributed by atoms with van der Waals surface area (Å²) in [4.78, 5) is 47.8. The summed E-state index contributed by atoms with van der Waals surface area (Å²) < 4.78 is 6.29. The van der Waals surface area contributed by atoms with E-state index < -0.39 is 22.6 Å². The molecule has 11 nitrogen and oxygen atoms in total. The fourth-order valence-electron chi connectivity index (χ4n) is 6.96. The molecular formula is C31H32N6O5S. The first kappa shape index (κ1) is 27.7. The van der Waals surface area contributed by atoms with Gasteiger partial charge in [0.05, 0.1) is 35.3 Å². The molecule has 3 aromatic rings. The third-order valence-electron chi connectivity index (χ3n) is 8.77. The van der Waals surface area contributed by atoms with Crippen LogP contribution < -0.4 is 9.64 Å². The highest BCUT2D eigenvalue weighted by Gasteiger charge is 2.71. The molecule has 0 bridgehead atoms. The smallest absolute Gasteiger partial charge is 0.248 e. The van der Waals surface area contributed by atoms with Crippen molar-refractivity contribution < 1.29 is 24.2 Å². The van der Waals surface area contributed by atoms with Gasteiger partial charge in [0.25, 0.3) is 0 Å². The fraction of sp³-hybridized carbons (Fsp3) is 0.387. The number of aromatic nitrogens is 3. The lowest BCUT2D eigenvalue weighted by Gasteiger charge is -2.35. The zero-order valence-electron chi connectivity index (χ0n) is 23.7. The van der Waals surface area contributed by atoms with Crippen molar-refractivity contribution in [2.45, 2.75) is 29.6 Å². The number of para-hydroxylation sites is 1. The minimum atomic E-state index is -0.959. The number of β-amino-alcohol motifs (C(OH)–C–C–N with tert-alkyl or cyclic N) is 1. The SMILES string of the molecule is CCOc1ccc(N2CC=C[C@H]3S[C@]45C=CCN(Cn6nnc7ccccc76)C(=O)C4N(CCO)C(=O)[C@@H]5[C@H]3C2=O)cc1. The van der Waals surface area contributed by atoms with Gasteiger partial charge in [0.1, 0.15) is 24.0 Å². The molecular weight excluding hydrogens is 568 g/mol. The number of amides is 3. The van der Waals surface area contributed by atoms with Gasteiger partial charge < -0.3 is 24.5 Å². The summed E-state index contributed by atoms with van der Waals surface area (Å²) in [6.07, 6.45) is 7.88. The van der Waals surface area contributed by atoms with Crippen LogP contribution in [0, 0.1) is 11.8 Å². The molecule has 2 fully saturated rings. The third kappa shape index (κ3) is 4.34. The summed E-state index contributed by atoms with van der Waals surface area (Å²) >= 11 is 1.52. The standard InChI is InChI=1S/C31H32N6O5S/c1-2-42-21-12-10-20(11-13-21)35-16-5-9-24-25(28(35)39)26-29(40)36(17-18-38)27-30(41)34(15-6-14-31(26,27)43-24)19-37-23-8-4-3-7-22(23)32-33-37/h3-14,24-27,38H,2,15-19H2,1H3/t24-,25+,26+,27?,31+/m1/s1. The maximum Gasteiger partial charge on any atom is 0.248 e. The Morgan fingerprint density at radius 1 is 1.02 bits per heavy atom. The Hall–Kier alpha value is -4.16. The molecule has 1 aromatic heterocycles. The Morgan fingerprint density at radius 2 is 1.84 bits per heavy atom. The van der Waals surface area contributed by atoms with Crippen LogP contribution in [0.2, 0.25) is 0 Å². The zero-order valence-corrected chi connectivity index (χ0v) is 24.5. The van der Waals surface area contributed by atoms with Crippen molar-refractivity contribution in [2.75, 3.05) is 37.7 Å². The minimum Gasteiger partial charge on any atom is -0.494 e. The number of aliphatic hydroxyl groups excluding tert-OH is 1. The van der Waals surface area contributed by atoms with Gasteiger partial charge in [-0.3, -0.25) is 14.4 Å². The molecule has 12 heteroatoms. The van der Waals surface area contributed by atoms with E-state index in [1.165, 1.54) is 16.7 Å². The Morgan fingerprint density at radius 3 is 2.63 bits per heavy atom. The van der Waals surface area contributed by atoms with Gasteiger partial charge in [0.2, 0.25) is 17.7 Å². The summed E-state index contributed by atoms with van der Waals surface area (Å²) in [6.45, 7) is 3.03. The van der Waals surface area contributed by atoms with Crippen LogP contribution in [-0.2, 0) is 21.1 Å². The quantitative estimate of drug-likeness (QED) is 0.410. The summed E-state index contributed by atoms with van der Waals surface area (Å²) in [5.41, 5.74) is 2.25. The molecule has 0 aliphatic carbocycles. The number of thioether (sulfide) groups is 1. The maximum absolute atomic E-state index is 14.4. The number of nitrogens with zero attached hydrogens (tertiary/aromatic N) is 6. The van der Waals surface area contributed by atoms with Crippen LogP contribution >= 0.6 is 11.8 Å². The molecule has 2 aromatic carbocycles. The first-order valence-electron chi connectivity index (χ1n) is 14.5. The molecule has 222 valence electrons. The molecule has 1 unspecified atom stereocenters. The molecule has 2 saturated heterocycles. The van der Waals surface area contributed by atoms with Crippen LogP contribution in [0.25, 0.3) is 11.0 Å². The zero-order chi connectivity index (χ0) is 29.7. The van der Waals surface area contributed by atoms with Crippen LogP contribution in [0.3, 0.4) is 0 Å². The van der Waals surface area contributed by atoms with E-state index in [2.05, 4.69) is 10.3 Å². The Kier molecular flexibility index (Phi) is 6.97. The van der Waals surface area contributed by atoms with E-state index in [0.717, 1.165) is 22.5 Å². The lowest BCUT2D eigenvalue weighted by Crippen LogP contribution is -2.53. The monoisotopic (exact) mass is 600 g/mol. The highest BCUT2D eigenvalue weighted by Crippen LogP contribution is 2.61. The second-order valence-corrected chi connectivity index (χ2v) is 12.6. The number of aliphatic hydroxyl groups is 1. The van der Waals surface area contributed by atoms with Crippen molar-refractivity contribution in [3.8, 4) is 5.75 Å². The van der Waals surface area contributed by atoms with Gasteiger partial charge in [-0.15, -0.1) is 16.9 Å². The Balaban J connectivity index is 1.23. The van der Waals surface area contributed by atoms with E-state index in [1.54, 1.807) is 14.5 Å². The normalized spacial score (nSPS) is 28.2. The molecule has 3 amide bonds. The number of carbonyl (C=O) groups excluding carboxylic acids is 3. The van der Waals surface area contributed by atoms with Gasteiger partial charge in [0, 0.05) is 30.6 Å². The lowest BCUT2D eigenvalue weighted by molar-refractivity contribution is -0.143. The van der Waals surface area contributed by atoms with Crippen LogP contribution in [0.4, 0.5) is 5.69 Å². The average molecular weight is 601 g/mol. The highest BCUT2D eigenvalue weighted by atomic mass is 32.2. The summed E-state index contributed by atoms with van der Waals surface area (Å²) in [6, 6.07) is 14.0. The number of anilines is 1. The molecule has 0 radical (unpaired) electrons. The van der Waals surface area contributed by atoms with E-state index >= 15 is 0 Å². The topological polar surface area (TPSA) is 121 Å². The Labute approximate surface area is 252 Å². The fourth-order valence-corrected chi connectivity index (χ4v) is 8.97. The van der Waals surface area contributed by atoms with Crippen LogP contribution in [0.1, 0.15) is 6.92 Å².